The minimum absolute atomic E-state index is 0.0973. The Morgan fingerprint density at radius 1 is 1.06 bits per heavy atom. The lowest BCUT2D eigenvalue weighted by Crippen LogP contribution is -2.24. The van der Waals surface area contributed by atoms with Crippen LogP contribution in [0.2, 0.25) is 5.02 Å². The van der Waals surface area contributed by atoms with Gasteiger partial charge in [0.15, 0.2) is 0 Å². The van der Waals surface area contributed by atoms with E-state index in [1.165, 1.54) is 0 Å². The van der Waals surface area contributed by atoms with E-state index in [2.05, 4.69) is 0 Å². The number of hydrogen-bond donors (Lipinski definition) is 2. The normalized spacial score (nSPS) is 14.2. The van der Waals surface area contributed by atoms with Crippen LogP contribution in [0.3, 0.4) is 0 Å². The second-order valence-corrected chi connectivity index (χ2v) is 4.83. The zero-order chi connectivity index (χ0) is 13.2. The monoisotopic (exact) mass is 262 g/mol. The lowest BCUT2D eigenvalue weighted by Gasteiger charge is -2.26. The largest absolute Gasteiger partial charge is 0.392 e. The van der Waals surface area contributed by atoms with Crippen LogP contribution in [0.15, 0.2) is 48.5 Å². The van der Waals surface area contributed by atoms with Crippen LogP contribution in [-0.2, 0) is 12.2 Å². The summed E-state index contributed by atoms with van der Waals surface area (Å²) in [6, 6.07) is 14.4. The van der Waals surface area contributed by atoms with Crippen LogP contribution in [0.1, 0.15) is 23.6 Å². The van der Waals surface area contributed by atoms with E-state index >= 15 is 0 Å². The van der Waals surface area contributed by atoms with E-state index in [1.54, 1.807) is 37.3 Å². The molecular formula is C15H15ClO2. The molecule has 0 aliphatic carbocycles. The first-order valence-corrected chi connectivity index (χ1v) is 6.11. The molecule has 0 saturated heterocycles. The molecule has 0 spiro atoms. The van der Waals surface area contributed by atoms with E-state index in [9.17, 15) is 10.2 Å². The van der Waals surface area contributed by atoms with Crippen LogP contribution in [0.5, 0.6) is 0 Å². The van der Waals surface area contributed by atoms with E-state index in [0.29, 0.717) is 10.6 Å². The second-order valence-electron chi connectivity index (χ2n) is 4.39. The molecule has 0 heterocycles. The van der Waals surface area contributed by atoms with Gasteiger partial charge in [-0.05, 0) is 35.7 Å². The van der Waals surface area contributed by atoms with Gasteiger partial charge in [0, 0.05) is 5.02 Å². The van der Waals surface area contributed by atoms with Crippen molar-refractivity contribution in [3.63, 3.8) is 0 Å². The lowest BCUT2D eigenvalue weighted by atomic mass is 9.85. The molecule has 94 valence electrons. The van der Waals surface area contributed by atoms with Crippen LogP contribution < -0.4 is 0 Å². The van der Waals surface area contributed by atoms with Crippen LogP contribution >= 0.6 is 11.6 Å². The molecule has 2 N–H and O–H groups in total. The quantitative estimate of drug-likeness (QED) is 0.892. The molecule has 0 radical (unpaired) electrons. The van der Waals surface area contributed by atoms with Crippen molar-refractivity contribution in [3.05, 3.63) is 70.2 Å². The average molecular weight is 263 g/mol. The van der Waals surface area contributed by atoms with Crippen LogP contribution in [-0.4, -0.2) is 10.2 Å². The fourth-order valence-corrected chi connectivity index (χ4v) is 2.19. The maximum Gasteiger partial charge on any atom is 0.112 e. The number of hydrogen-bond acceptors (Lipinski definition) is 2. The Morgan fingerprint density at radius 3 is 2.28 bits per heavy atom. The number of halogens is 1. The van der Waals surface area contributed by atoms with E-state index in [4.69, 9.17) is 11.6 Å². The van der Waals surface area contributed by atoms with Crippen molar-refractivity contribution < 1.29 is 10.2 Å². The Hall–Kier alpha value is -1.35. The zero-order valence-corrected chi connectivity index (χ0v) is 10.9. The summed E-state index contributed by atoms with van der Waals surface area (Å²) < 4.78 is 0. The van der Waals surface area contributed by atoms with Gasteiger partial charge < -0.3 is 10.2 Å². The minimum Gasteiger partial charge on any atom is -0.392 e. The smallest absolute Gasteiger partial charge is 0.112 e. The topological polar surface area (TPSA) is 40.5 Å². The zero-order valence-electron chi connectivity index (χ0n) is 10.1. The van der Waals surface area contributed by atoms with Crippen LogP contribution in [0, 0.1) is 0 Å². The molecule has 0 aliphatic rings. The summed E-state index contributed by atoms with van der Waals surface area (Å²) in [4.78, 5) is 0. The first kappa shape index (κ1) is 13.1. The fraction of sp³-hybridized carbons (Fsp3) is 0.200. The van der Waals surface area contributed by atoms with Crippen molar-refractivity contribution >= 4 is 11.6 Å². The van der Waals surface area contributed by atoms with Gasteiger partial charge in [0.25, 0.3) is 0 Å². The molecule has 0 fully saturated rings. The summed E-state index contributed by atoms with van der Waals surface area (Å²) in [5.41, 5.74) is 1.02. The number of aliphatic hydroxyl groups excluding tert-OH is 1. The molecular weight excluding hydrogens is 248 g/mol. The highest BCUT2D eigenvalue weighted by atomic mass is 35.5. The van der Waals surface area contributed by atoms with Crippen molar-refractivity contribution in [3.8, 4) is 0 Å². The van der Waals surface area contributed by atoms with Crippen molar-refractivity contribution in [2.75, 3.05) is 0 Å². The molecule has 0 amide bonds. The Bertz CT molecular complexity index is 532. The fourth-order valence-electron chi connectivity index (χ4n) is 2.06. The Morgan fingerprint density at radius 2 is 1.67 bits per heavy atom. The van der Waals surface area contributed by atoms with Crippen LogP contribution in [0.25, 0.3) is 0 Å². The Labute approximate surface area is 111 Å². The summed E-state index contributed by atoms with van der Waals surface area (Å²) in [5, 5.41) is 20.7. The van der Waals surface area contributed by atoms with Gasteiger partial charge in [-0.1, -0.05) is 48.0 Å². The highest BCUT2D eigenvalue weighted by Crippen LogP contribution is 2.32. The standard InChI is InChI=1S/C15H15ClO2/c1-15(18,12-6-8-13(16)9-7-12)14-5-3-2-4-11(14)10-17/h2-9,17-18H,10H2,1H3. The molecule has 1 unspecified atom stereocenters. The van der Waals surface area contributed by atoms with Gasteiger partial charge in [0.2, 0.25) is 0 Å². The van der Waals surface area contributed by atoms with Gasteiger partial charge >= 0.3 is 0 Å². The van der Waals surface area contributed by atoms with Gasteiger partial charge in [0.1, 0.15) is 5.60 Å². The van der Waals surface area contributed by atoms with Gasteiger partial charge in [-0.2, -0.15) is 0 Å². The van der Waals surface area contributed by atoms with E-state index in [0.717, 1.165) is 11.1 Å². The SMILES string of the molecule is CC(O)(c1ccc(Cl)cc1)c1ccccc1CO. The van der Waals surface area contributed by atoms with Gasteiger partial charge in [-0.15, -0.1) is 0 Å². The molecule has 0 saturated carbocycles. The maximum absolute atomic E-state index is 10.7. The second kappa shape index (κ2) is 5.11. The number of benzene rings is 2. The molecule has 2 aromatic carbocycles. The first-order chi connectivity index (χ1) is 8.55. The molecule has 2 aromatic rings. The van der Waals surface area contributed by atoms with Crippen LogP contribution in [0.4, 0.5) is 0 Å². The predicted molar refractivity (Wildman–Crippen MR) is 72.5 cm³/mol. The lowest BCUT2D eigenvalue weighted by molar-refractivity contribution is 0.0992. The third kappa shape index (κ3) is 2.41. The third-order valence-electron chi connectivity index (χ3n) is 3.12. The predicted octanol–water partition coefficient (Wildman–Crippen LogP) is 3.09. The number of rotatable bonds is 3. The molecule has 2 nitrogen and oxygen atoms in total. The first-order valence-electron chi connectivity index (χ1n) is 5.73. The van der Waals surface area contributed by atoms with Gasteiger partial charge in [-0.3, -0.25) is 0 Å². The van der Waals surface area contributed by atoms with Crippen molar-refractivity contribution in [1.82, 2.24) is 0 Å². The summed E-state index contributed by atoms with van der Waals surface area (Å²) in [6.45, 7) is 1.62. The van der Waals surface area contributed by atoms with Crippen molar-refractivity contribution in [1.29, 1.82) is 0 Å². The summed E-state index contributed by atoms with van der Waals surface area (Å²) in [7, 11) is 0. The summed E-state index contributed by atoms with van der Waals surface area (Å²) >= 11 is 5.84. The number of aliphatic hydroxyl groups is 2. The maximum atomic E-state index is 10.7. The molecule has 0 aliphatic heterocycles. The van der Waals surface area contributed by atoms with E-state index < -0.39 is 5.60 Å². The van der Waals surface area contributed by atoms with E-state index in [1.807, 2.05) is 18.2 Å². The van der Waals surface area contributed by atoms with Gasteiger partial charge in [-0.25, -0.2) is 0 Å². The average Bonchev–Trinajstić information content (AvgIpc) is 2.39. The highest BCUT2D eigenvalue weighted by molar-refractivity contribution is 6.30. The molecule has 0 bridgehead atoms. The highest BCUT2D eigenvalue weighted by Gasteiger charge is 2.27. The third-order valence-corrected chi connectivity index (χ3v) is 3.37. The summed E-state index contributed by atoms with van der Waals surface area (Å²) in [6.07, 6.45) is 0. The van der Waals surface area contributed by atoms with E-state index in [-0.39, 0.29) is 6.61 Å². The molecule has 2 rings (SSSR count). The molecule has 0 aromatic heterocycles. The van der Waals surface area contributed by atoms with Gasteiger partial charge in [0.05, 0.1) is 6.61 Å². The van der Waals surface area contributed by atoms with Crippen molar-refractivity contribution in [2.45, 2.75) is 19.1 Å². The molecule has 18 heavy (non-hydrogen) atoms. The Balaban J connectivity index is 2.50. The molecule has 1 atom stereocenters. The minimum atomic E-state index is -1.15. The molecule has 3 heteroatoms. The Kier molecular flexibility index (Phi) is 3.71. The summed E-state index contributed by atoms with van der Waals surface area (Å²) in [5.74, 6) is 0. The van der Waals surface area contributed by atoms with Crippen molar-refractivity contribution in [2.24, 2.45) is 0 Å².